The Kier molecular flexibility index (Phi) is 5.49. The standard InChI is InChI=1S/C40H32N2/c1-39(2)34-22-13-25-42-38(34)36-30-18-6-8-20-32(30)40(28-15-4-3-5-16-28,33-21-9-7-19-31(33)37(36)39)29-17-12-14-27(26-29)35-23-10-11-24-41-35/h3-24,26,42H,25H2,1-2H3. The highest BCUT2D eigenvalue weighted by molar-refractivity contribution is 6.08. The third-order valence-electron chi connectivity index (χ3n) is 9.41. The topological polar surface area (TPSA) is 24.9 Å². The molecule has 0 saturated carbocycles. The zero-order valence-electron chi connectivity index (χ0n) is 23.9. The molecule has 3 aliphatic rings. The van der Waals surface area contributed by atoms with Crippen LogP contribution >= 0.6 is 0 Å². The van der Waals surface area contributed by atoms with Gasteiger partial charge < -0.3 is 5.32 Å². The Morgan fingerprint density at radius 3 is 2.14 bits per heavy atom. The van der Waals surface area contributed by atoms with Gasteiger partial charge in [-0.3, -0.25) is 4.98 Å². The van der Waals surface area contributed by atoms with E-state index in [0.717, 1.165) is 17.8 Å². The highest BCUT2D eigenvalue weighted by Crippen LogP contribution is 2.61. The van der Waals surface area contributed by atoms with Crippen LogP contribution in [0.3, 0.4) is 0 Å². The Morgan fingerprint density at radius 1 is 0.667 bits per heavy atom. The van der Waals surface area contributed by atoms with E-state index in [-0.39, 0.29) is 5.41 Å². The molecule has 0 radical (unpaired) electrons. The summed E-state index contributed by atoms with van der Waals surface area (Å²) < 4.78 is 0. The first-order valence-electron chi connectivity index (χ1n) is 14.8. The molecule has 4 aromatic carbocycles. The van der Waals surface area contributed by atoms with Crippen LogP contribution < -0.4 is 5.32 Å². The molecule has 1 unspecified atom stereocenters. The Morgan fingerprint density at radius 2 is 1.36 bits per heavy atom. The van der Waals surface area contributed by atoms with Gasteiger partial charge in [-0.25, -0.2) is 0 Å². The monoisotopic (exact) mass is 540 g/mol. The lowest BCUT2D eigenvalue weighted by molar-refractivity contribution is 0.614. The minimum atomic E-state index is -0.551. The number of benzene rings is 4. The van der Waals surface area contributed by atoms with Crippen LogP contribution in [-0.2, 0) is 5.41 Å². The van der Waals surface area contributed by atoms with Crippen LogP contribution in [0.1, 0.15) is 47.2 Å². The molecule has 1 aliphatic heterocycles. The van der Waals surface area contributed by atoms with Crippen molar-refractivity contribution in [3.8, 4) is 11.3 Å². The summed E-state index contributed by atoms with van der Waals surface area (Å²) in [7, 11) is 0. The van der Waals surface area contributed by atoms with Crippen LogP contribution in [0.25, 0.3) is 22.4 Å². The molecule has 42 heavy (non-hydrogen) atoms. The molecule has 2 nitrogen and oxygen atoms in total. The van der Waals surface area contributed by atoms with Crippen molar-refractivity contribution in [3.05, 3.63) is 184 Å². The Labute approximate surface area is 247 Å². The number of dihydropyridines is 1. The Balaban J connectivity index is 1.54. The maximum atomic E-state index is 4.72. The fourth-order valence-corrected chi connectivity index (χ4v) is 7.70. The fraction of sp³-hybridized carbons (Fsp3) is 0.125. The lowest BCUT2D eigenvalue weighted by atomic mass is 9.62. The van der Waals surface area contributed by atoms with Crippen LogP contribution in [-0.4, -0.2) is 11.5 Å². The molecule has 2 heterocycles. The first-order valence-corrected chi connectivity index (χ1v) is 14.8. The summed E-state index contributed by atoms with van der Waals surface area (Å²) in [4.78, 5) is 4.72. The fourth-order valence-electron chi connectivity index (χ4n) is 7.70. The van der Waals surface area contributed by atoms with Crippen LogP contribution in [0, 0.1) is 5.41 Å². The van der Waals surface area contributed by atoms with Crippen LogP contribution in [0.4, 0.5) is 0 Å². The van der Waals surface area contributed by atoms with Crippen molar-refractivity contribution in [1.29, 1.82) is 0 Å². The molecule has 2 heteroatoms. The van der Waals surface area contributed by atoms with E-state index in [1.54, 1.807) is 0 Å². The van der Waals surface area contributed by atoms with E-state index < -0.39 is 5.41 Å². The molecule has 0 bridgehead atoms. The van der Waals surface area contributed by atoms with Crippen LogP contribution in [0.2, 0.25) is 0 Å². The summed E-state index contributed by atoms with van der Waals surface area (Å²) in [6.45, 7) is 5.61. The van der Waals surface area contributed by atoms with Crippen molar-refractivity contribution in [1.82, 2.24) is 10.3 Å². The summed E-state index contributed by atoms with van der Waals surface area (Å²) in [5.41, 5.74) is 14.5. The van der Waals surface area contributed by atoms with E-state index in [9.17, 15) is 0 Å². The van der Waals surface area contributed by atoms with Crippen LogP contribution in [0.5, 0.6) is 0 Å². The van der Waals surface area contributed by atoms with E-state index in [1.165, 1.54) is 55.8 Å². The van der Waals surface area contributed by atoms with Gasteiger partial charge in [0, 0.05) is 35.0 Å². The van der Waals surface area contributed by atoms with E-state index in [0.29, 0.717) is 0 Å². The Hall–Kier alpha value is -4.95. The van der Waals surface area contributed by atoms with E-state index in [2.05, 4.69) is 147 Å². The number of rotatable bonds is 3. The number of hydrogen-bond acceptors (Lipinski definition) is 2. The molecule has 0 saturated heterocycles. The highest BCUT2D eigenvalue weighted by atomic mass is 14.9. The van der Waals surface area contributed by atoms with Crippen molar-refractivity contribution in [2.24, 2.45) is 5.41 Å². The SMILES string of the molecule is CC1(C)C2=C(NCC=C2)C2=C1c1ccccc1C(c1ccccc1)(c1cccc(-c3ccccn3)c1)c1ccccc12. The first kappa shape index (κ1) is 24.8. The third kappa shape index (κ3) is 3.36. The average molecular weight is 541 g/mol. The van der Waals surface area contributed by atoms with Crippen molar-refractivity contribution in [2.45, 2.75) is 19.3 Å². The second-order valence-corrected chi connectivity index (χ2v) is 11.9. The van der Waals surface area contributed by atoms with Gasteiger partial charge in [-0.2, -0.15) is 0 Å². The summed E-state index contributed by atoms with van der Waals surface area (Å²) in [5, 5.41) is 3.80. The molecular formula is C40H32N2. The van der Waals surface area contributed by atoms with Gasteiger partial charge in [-0.15, -0.1) is 0 Å². The van der Waals surface area contributed by atoms with Crippen molar-refractivity contribution in [2.75, 3.05) is 6.54 Å². The van der Waals surface area contributed by atoms with Gasteiger partial charge in [-0.05, 0) is 62.7 Å². The second kappa shape index (κ2) is 9.29. The number of allylic oxidation sites excluding steroid dienone is 4. The summed E-state index contributed by atoms with van der Waals surface area (Å²) in [6.07, 6.45) is 6.47. The molecule has 1 aromatic heterocycles. The van der Waals surface area contributed by atoms with E-state index >= 15 is 0 Å². The number of pyridine rings is 1. The van der Waals surface area contributed by atoms with E-state index in [1.807, 2.05) is 12.3 Å². The molecule has 2 aliphatic carbocycles. The number of nitrogens with one attached hydrogen (secondary N) is 1. The summed E-state index contributed by atoms with van der Waals surface area (Å²) in [5.74, 6) is 0. The number of hydrogen-bond donors (Lipinski definition) is 1. The van der Waals surface area contributed by atoms with Gasteiger partial charge in [0.2, 0.25) is 0 Å². The largest absolute Gasteiger partial charge is 0.381 e. The van der Waals surface area contributed by atoms with Gasteiger partial charge in [0.25, 0.3) is 0 Å². The smallest absolute Gasteiger partial charge is 0.0713 e. The first-order chi connectivity index (χ1) is 20.6. The molecule has 1 N–H and O–H groups in total. The minimum absolute atomic E-state index is 0.166. The predicted molar refractivity (Wildman–Crippen MR) is 173 cm³/mol. The minimum Gasteiger partial charge on any atom is -0.381 e. The summed E-state index contributed by atoms with van der Waals surface area (Å²) >= 11 is 0. The normalized spacial score (nSPS) is 19.8. The molecule has 1 atom stereocenters. The molecule has 0 spiro atoms. The highest BCUT2D eigenvalue weighted by Gasteiger charge is 2.50. The molecule has 5 aromatic rings. The zero-order valence-corrected chi connectivity index (χ0v) is 23.9. The van der Waals surface area contributed by atoms with Crippen molar-refractivity contribution in [3.63, 3.8) is 0 Å². The molecular weight excluding hydrogens is 508 g/mol. The van der Waals surface area contributed by atoms with Gasteiger partial charge in [0.1, 0.15) is 0 Å². The van der Waals surface area contributed by atoms with Crippen LogP contribution in [0.15, 0.2) is 151 Å². The summed E-state index contributed by atoms with van der Waals surface area (Å²) in [6, 6.07) is 44.5. The van der Waals surface area contributed by atoms with Crippen molar-refractivity contribution < 1.29 is 0 Å². The molecule has 0 amide bonds. The molecule has 8 rings (SSSR count). The number of fused-ring (bicyclic) bond motifs is 5. The van der Waals surface area contributed by atoms with Gasteiger partial charge >= 0.3 is 0 Å². The number of aromatic nitrogens is 1. The molecule has 0 fully saturated rings. The Bertz CT molecular complexity index is 1940. The van der Waals surface area contributed by atoms with Gasteiger partial charge in [0.15, 0.2) is 0 Å². The average Bonchev–Trinajstić information content (AvgIpc) is 3.21. The lowest BCUT2D eigenvalue weighted by Gasteiger charge is -2.39. The molecule has 202 valence electrons. The maximum absolute atomic E-state index is 4.72. The van der Waals surface area contributed by atoms with Gasteiger partial charge in [-0.1, -0.05) is 129 Å². The van der Waals surface area contributed by atoms with Gasteiger partial charge in [0.05, 0.1) is 11.1 Å². The lowest BCUT2D eigenvalue weighted by Crippen LogP contribution is -2.33. The third-order valence-corrected chi connectivity index (χ3v) is 9.41. The second-order valence-electron chi connectivity index (χ2n) is 11.9. The number of nitrogens with zero attached hydrogens (tertiary/aromatic N) is 1. The zero-order chi connectivity index (χ0) is 28.3. The quantitative estimate of drug-likeness (QED) is 0.247. The van der Waals surface area contributed by atoms with Crippen molar-refractivity contribution >= 4 is 11.1 Å². The van der Waals surface area contributed by atoms with E-state index in [4.69, 9.17) is 4.98 Å². The predicted octanol–water partition coefficient (Wildman–Crippen LogP) is 8.81. The maximum Gasteiger partial charge on any atom is 0.0713 e.